The van der Waals surface area contributed by atoms with Crippen LogP contribution in [0.4, 0.5) is 8.78 Å². The van der Waals surface area contributed by atoms with E-state index in [2.05, 4.69) is 25.6 Å². The van der Waals surface area contributed by atoms with E-state index in [4.69, 9.17) is 0 Å². The highest BCUT2D eigenvalue weighted by Crippen LogP contribution is 2.26. The van der Waals surface area contributed by atoms with Crippen LogP contribution in [0.15, 0.2) is 28.7 Å². The van der Waals surface area contributed by atoms with Gasteiger partial charge in [0.15, 0.2) is 0 Å². The molecule has 2 rings (SSSR count). The number of amides is 1. The maximum atomic E-state index is 12.5. The molecule has 0 bridgehead atoms. The fraction of sp³-hybridized carbons (Fsp3) is 0.500. The lowest BCUT2D eigenvalue weighted by Gasteiger charge is -2.36. The van der Waals surface area contributed by atoms with Crippen molar-refractivity contribution in [1.29, 1.82) is 0 Å². The quantitative estimate of drug-likeness (QED) is 0.702. The second kappa shape index (κ2) is 8.92. The van der Waals surface area contributed by atoms with E-state index in [0.29, 0.717) is 42.8 Å². The third-order valence-electron chi connectivity index (χ3n) is 3.89. The van der Waals surface area contributed by atoms with Crippen LogP contribution in [0.3, 0.4) is 0 Å². The van der Waals surface area contributed by atoms with E-state index in [1.54, 1.807) is 30.9 Å². The molecule has 5 nitrogen and oxygen atoms in total. The van der Waals surface area contributed by atoms with Crippen LogP contribution in [0.2, 0.25) is 0 Å². The van der Waals surface area contributed by atoms with Crippen LogP contribution in [0, 0.1) is 0 Å². The Balaban J connectivity index is 1.97. The Bertz CT molecular complexity index is 654. The number of aliphatic hydroxyl groups is 1. The molecular formula is C18H23BrF2N2O3. The Hall–Kier alpha value is -1.51. The molecule has 0 aliphatic carbocycles. The van der Waals surface area contributed by atoms with Crippen LogP contribution in [-0.4, -0.2) is 65.7 Å². The van der Waals surface area contributed by atoms with Crippen molar-refractivity contribution in [2.75, 3.05) is 32.7 Å². The fourth-order valence-electron chi connectivity index (χ4n) is 2.79. The number of nitrogens with zero attached hydrogens (tertiary/aromatic N) is 2. The molecule has 1 aromatic rings. The molecule has 1 saturated heterocycles. The molecule has 0 radical (unpaired) electrons. The van der Waals surface area contributed by atoms with Crippen LogP contribution in [0.5, 0.6) is 5.75 Å². The van der Waals surface area contributed by atoms with Gasteiger partial charge in [-0.2, -0.15) is 8.78 Å². The first-order valence-electron chi connectivity index (χ1n) is 8.30. The van der Waals surface area contributed by atoms with Crippen LogP contribution in [-0.2, 0) is 4.79 Å². The first kappa shape index (κ1) is 20.8. The van der Waals surface area contributed by atoms with Crippen molar-refractivity contribution in [3.05, 3.63) is 34.3 Å². The highest BCUT2D eigenvalue weighted by Gasteiger charge is 2.24. The van der Waals surface area contributed by atoms with E-state index in [9.17, 15) is 18.7 Å². The Morgan fingerprint density at radius 3 is 2.58 bits per heavy atom. The van der Waals surface area contributed by atoms with E-state index in [1.807, 2.05) is 0 Å². The van der Waals surface area contributed by atoms with Crippen LogP contribution in [0.25, 0.3) is 6.08 Å². The lowest BCUT2D eigenvalue weighted by atomic mass is 10.1. The minimum Gasteiger partial charge on any atom is -0.434 e. The predicted octanol–water partition coefficient (Wildman–Crippen LogP) is 2.98. The average Bonchev–Trinajstić information content (AvgIpc) is 2.53. The number of hydrogen-bond donors (Lipinski definition) is 1. The summed E-state index contributed by atoms with van der Waals surface area (Å²) in [5, 5.41) is 9.86. The van der Waals surface area contributed by atoms with Gasteiger partial charge < -0.3 is 14.7 Å². The van der Waals surface area contributed by atoms with Gasteiger partial charge in [0.1, 0.15) is 5.75 Å². The molecule has 8 heteroatoms. The Morgan fingerprint density at radius 2 is 2.00 bits per heavy atom. The molecular weight excluding hydrogens is 410 g/mol. The van der Waals surface area contributed by atoms with Crippen molar-refractivity contribution in [2.24, 2.45) is 0 Å². The predicted molar refractivity (Wildman–Crippen MR) is 99.1 cm³/mol. The van der Waals surface area contributed by atoms with E-state index < -0.39 is 12.2 Å². The molecule has 0 unspecified atom stereocenters. The molecule has 1 aliphatic heterocycles. The summed E-state index contributed by atoms with van der Waals surface area (Å²) in [4.78, 5) is 16.2. The molecule has 1 amide bonds. The number of halogens is 3. The van der Waals surface area contributed by atoms with Crippen LogP contribution in [0.1, 0.15) is 19.4 Å². The second-order valence-electron chi connectivity index (χ2n) is 6.81. The number of ether oxygens (including phenoxy) is 1. The van der Waals surface area contributed by atoms with Crippen molar-refractivity contribution in [2.45, 2.75) is 26.1 Å². The number of piperazine rings is 1. The summed E-state index contributed by atoms with van der Waals surface area (Å²) in [7, 11) is 0. The summed E-state index contributed by atoms with van der Waals surface area (Å²) in [5.74, 6) is -0.168. The zero-order valence-corrected chi connectivity index (χ0v) is 16.4. The Morgan fingerprint density at radius 1 is 1.35 bits per heavy atom. The molecule has 0 spiro atoms. The smallest absolute Gasteiger partial charge is 0.387 e. The molecule has 1 heterocycles. The number of carbonyl (C=O) groups is 1. The molecule has 26 heavy (non-hydrogen) atoms. The number of alkyl halides is 2. The zero-order valence-electron chi connectivity index (χ0n) is 14.8. The van der Waals surface area contributed by atoms with Gasteiger partial charge in [-0.25, -0.2) is 0 Å². The van der Waals surface area contributed by atoms with Crippen LogP contribution < -0.4 is 4.74 Å². The second-order valence-corrected chi connectivity index (χ2v) is 7.72. The summed E-state index contributed by atoms with van der Waals surface area (Å²) in [6.45, 7) is 3.60. The molecule has 1 aliphatic rings. The highest BCUT2D eigenvalue weighted by molar-refractivity contribution is 9.10. The number of benzene rings is 1. The molecule has 1 aromatic carbocycles. The van der Waals surface area contributed by atoms with Gasteiger partial charge in [0, 0.05) is 48.8 Å². The third-order valence-corrected chi connectivity index (χ3v) is 4.38. The van der Waals surface area contributed by atoms with E-state index >= 15 is 0 Å². The topological polar surface area (TPSA) is 53.0 Å². The van der Waals surface area contributed by atoms with Crippen LogP contribution >= 0.6 is 15.9 Å². The molecule has 1 fully saturated rings. The minimum atomic E-state index is -2.93. The monoisotopic (exact) mass is 432 g/mol. The normalized spacial score (nSPS) is 16.5. The first-order chi connectivity index (χ1) is 12.1. The van der Waals surface area contributed by atoms with Gasteiger partial charge >= 0.3 is 6.61 Å². The number of hydrogen-bond acceptors (Lipinski definition) is 4. The Labute approximate surface area is 160 Å². The Kier molecular flexibility index (Phi) is 7.14. The molecule has 1 N–H and O–H groups in total. The molecule has 0 aromatic heterocycles. The largest absolute Gasteiger partial charge is 0.434 e. The number of carbonyl (C=O) groups excluding carboxylic acids is 1. The lowest BCUT2D eigenvalue weighted by molar-refractivity contribution is -0.128. The lowest BCUT2D eigenvalue weighted by Crippen LogP contribution is -2.51. The van der Waals surface area contributed by atoms with Crippen molar-refractivity contribution < 1.29 is 23.4 Å². The van der Waals surface area contributed by atoms with E-state index in [1.165, 1.54) is 18.2 Å². The van der Waals surface area contributed by atoms with Gasteiger partial charge in [-0.3, -0.25) is 9.69 Å². The van der Waals surface area contributed by atoms with Gasteiger partial charge in [0.05, 0.1) is 5.60 Å². The van der Waals surface area contributed by atoms with Crippen molar-refractivity contribution in [3.8, 4) is 5.75 Å². The highest BCUT2D eigenvalue weighted by atomic mass is 79.9. The third kappa shape index (κ3) is 6.66. The maximum Gasteiger partial charge on any atom is 0.387 e. The summed E-state index contributed by atoms with van der Waals surface area (Å²) in [6, 6.07) is 4.64. The van der Waals surface area contributed by atoms with Gasteiger partial charge in [-0.1, -0.05) is 15.9 Å². The summed E-state index contributed by atoms with van der Waals surface area (Å²) >= 11 is 3.28. The summed E-state index contributed by atoms with van der Waals surface area (Å²) in [5.41, 5.74) is -0.373. The molecule has 0 atom stereocenters. The number of β-amino-alcohol motifs (C(OH)–C–C–N with tert-alkyl or cyclic N) is 1. The average molecular weight is 433 g/mol. The summed E-state index contributed by atoms with van der Waals surface area (Å²) < 4.78 is 30.2. The molecule has 0 saturated carbocycles. The maximum absolute atomic E-state index is 12.5. The fourth-order valence-corrected chi connectivity index (χ4v) is 3.17. The van der Waals surface area contributed by atoms with Gasteiger partial charge in [0.25, 0.3) is 0 Å². The number of rotatable bonds is 6. The first-order valence-corrected chi connectivity index (χ1v) is 9.09. The van der Waals surface area contributed by atoms with Gasteiger partial charge in [0.2, 0.25) is 5.91 Å². The van der Waals surface area contributed by atoms with Crippen molar-refractivity contribution in [3.63, 3.8) is 0 Å². The van der Waals surface area contributed by atoms with Gasteiger partial charge in [-0.05, 0) is 38.1 Å². The van der Waals surface area contributed by atoms with E-state index in [0.717, 1.165) is 0 Å². The molecule has 144 valence electrons. The van der Waals surface area contributed by atoms with Crippen molar-refractivity contribution >= 4 is 27.9 Å². The summed E-state index contributed by atoms with van der Waals surface area (Å²) in [6.07, 6.45) is 2.85. The van der Waals surface area contributed by atoms with Crippen molar-refractivity contribution in [1.82, 2.24) is 9.80 Å². The standard InChI is InChI=1S/C18H23BrF2N2O3/c1-18(2,25)12-22-7-9-23(10-8-22)16(24)6-3-13-11-14(19)4-5-15(13)26-17(20)21/h3-6,11,17,25H,7-10,12H2,1-2H3/b6-3+. The SMILES string of the molecule is CC(C)(O)CN1CCN(C(=O)/C=C/c2cc(Br)ccc2OC(F)F)CC1. The minimum absolute atomic E-state index is 0.0160. The van der Waals surface area contributed by atoms with E-state index in [-0.39, 0.29) is 11.7 Å². The van der Waals surface area contributed by atoms with Gasteiger partial charge in [-0.15, -0.1) is 0 Å². The zero-order chi connectivity index (χ0) is 19.3.